The number of nitrogens with zero attached hydrogens (tertiary/aromatic N) is 1. The van der Waals surface area contributed by atoms with Crippen molar-refractivity contribution in [3.63, 3.8) is 0 Å². The molecule has 0 bridgehead atoms. The van der Waals surface area contributed by atoms with Crippen LogP contribution in [0.5, 0.6) is 0 Å². The van der Waals surface area contributed by atoms with E-state index < -0.39 is 0 Å². The van der Waals surface area contributed by atoms with Crippen LogP contribution in [0.3, 0.4) is 0 Å². The molecule has 1 aliphatic rings. The Hall–Kier alpha value is -1.12. The van der Waals surface area contributed by atoms with Crippen LogP contribution in [0.1, 0.15) is 46.0 Å². The lowest BCUT2D eigenvalue weighted by molar-refractivity contribution is -0.139. The Balaban J connectivity index is 2.31. The van der Waals surface area contributed by atoms with Crippen LogP contribution in [-0.2, 0) is 9.59 Å². The molecule has 0 radical (unpaired) electrons. The second kappa shape index (κ2) is 5.69. The van der Waals surface area contributed by atoms with E-state index in [9.17, 15) is 9.59 Å². The smallest absolute Gasteiger partial charge is 0.253 e. The van der Waals surface area contributed by atoms with Gasteiger partial charge in [-0.05, 0) is 13.3 Å². The van der Waals surface area contributed by atoms with Crippen LogP contribution in [0.4, 0.5) is 0 Å². The zero-order chi connectivity index (χ0) is 11.3. The molecule has 1 rings (SSSR count). The summed E-state index contributed by atoms with van der Waals surface area (Å²) in [6.07, 6.45) is 8.33. The van der Waals surface area contributed by atoms with E-state index in [0.717, 1.165) is 12.8 Å². The van der Waals surface area contributed by atoms with Gasteiger partial charge in [-0.2, -0.15) is 0 Å². The molecule has 0 aromatic heterocycles. The Morgan fingerprint density at radius 3 is 2.27 bits per heavy atom. The lowest BCUT2D eigenvalue weighted by atomic mass is 10.1. The summed E-state index contributed by atoms with van der Waals surface area (Å²) in [5.41, 5.74) is 0. The Morgan fingerprint density at radius 2 is 1.73 bits per heavy atom. The average Bonchev–Trinajstić information content (AvgIpc) is 2.53. The Morgan fingerprint density at radius 1 is 1.13 bits per heavy atom. The van der Waals surface area contributed by atoms with Crippen molar-refractivity contribution in [3.05, 3.63) is 12.2 Å². The van der Waals surface area contributed by atoms with E-state index in [1.165, 1.54) is 36.3 Å². The van der Waals surface area contributed by atoms with Crippen molar-refractivity contribution in [2.45, 2.75) is 52.0 Å². The summed E-state index contributed by atoms with van der Waals surface area (Å²) >= 11 is 0. The molecule has 84 valence electrons. The molecule has 0 fully saturated rings. The van der Waals surface area contributed by atoms with E-state index in [1.54, 1.807) is 0 Å². The molecule has 0 N–H and O–H groups in total. The third kappa shape index (κ3) is 3.18. The maximum absolute atomic E-state index is 11.3. The van der Waals surface area contributed by atoms with Gasteiger partial charge < -0.3 is 0 Å². The molecule has 1 atom stereocenters. The number of imide groups is 1. The van der Waals surface area contributed by atoms with Gasteiger partial charge in [0, 0.05) is 18.2 Å². The van der Waals surface area contributed by atoms with Crippen molar-refractivity contribution in [2.75, 3.05) is 0 Å². The standard InChI is InChI=1S/C12H19NO2/c1-3-4-5-6-7-10(2)13-11(14)8-9-12(13)15/h8-10H,3-7H2,1-2H3. The molecule has 0 saturated heterocycles. The molecule has 0 aromatic carbocycles. The molecule has 0 spiro atoms. The summed E-state index contributed by atoms with van der Waals surface area (Å²) in [5, 5.41) is 0. The predicted octanol–water partition coefficient (Wildman–Crippen LogP) is 2.27. The van der Waals surface area contributed by atoms with E-state index in [4.69, 9.17) is 0 Å². The van der Waals surface area contributed by atoms with Crippen LogP contribution in [0.2, 0.25) is 0 Å². The molecule has 3 heteroatoms. The number of hydrogen-bond acceptors (Lipinski definition) is 2. The van der Waals surface area contributed by atoms with Gasteiger partial charge in [0.25, 0.3) is 11.8 Å². The Kier molecular flexibility index (Phi) is 4.53. The number of hydrogen-bond donors (Lipinski definition) is 0. The van der Waals surface area contributed by atoms with Crippen LogP contribution >= 0.6 is 0 Å². The molecule has 2 amide bonds. The fraction of sp³-hybridized carbons (Fsp3) is 0.667. The zero-order valence-electron chi connectivity index (χ0n) is 9.53. The van der Waals surface area contributed by atoms with E-state index >= 15 is 0 Å². The quantitative estimate of drug-likeness (QED) is 0.497. The first kappa shape index (κ1) is 12.0. The topological polar surface area (TPSA) is 37.4 Å². The molecule has 0 aliphatic carbocycles. The second-order valence-electron chi connectivity index (χ2n) is 4.08. The van der Waals surface area contributed by atoms with Gasteiger partial charge in [0.15, 0.2) is 0 Å². The maximum atomic E-state index is 11.3. The van der Waals surface area contributed by atoms with Crippen molar-refractivity contribution < 1.29 is 9.59 Å². The van der Waals surface area contributed by atoms with Crippen molar-refractivity contribution in [3.8, 4) is 0 Å². The molecule has 1 heterocycles. The molecule has 15 heavy (non-hydrogen) atoms. The zero-order valence-corrected chi connectivity index (χ0v) is 9.53. The third-order valence-electron chi connectivity index (χ3n) is 2.76. The summed E-state index contributed by atoms with van der Waals surface area (Å²) in [6.45, 7) is 4.11. The van der Waals surface area contributed by atoms with Crippen LogP contribution in [0.15, 0.2) is 12.2 Å². The monoisotopic (exact) mass is 209 g/mol. The highest BCUT2D eigenvalue weighted by Crippen LogP contribution is 2.14. The number of carbonyl (C=O) groups excluding carboxylic acids is 2. The first-order valence-corrected chi connectivity index (χ1v) is 5.72. The minimum Gasteiger partial charge on any atom is -0.273 e. The van der Waals surface area contributed by atoms with Gasteiger partial charge in [-0.3, -0.25) is 14.5 Å². The lowest BCUT2D eigenvalue weighted by Gasteiger charge is -2.22. The minimum atomic E-state index is -0.164. The Labute approximate surface area is 91.1 Å². The van der Waals surface area contributed by atoms with Gasteiger partial charge in [-0.1, -0.05) is 32.6 Å². The average molecular weight is 209 g/mol. The fourth-order valence-corrected chi connectivity index (χ4v) is 1.84. The summed E-state index contributed by atoms with van der Waals surface area (Å²) in [4.78, 5) is 24.0. The summed E-state index contributed by atoms with van der Waals surface area (Å²) in [5.74, 6) is -0.328. The summed E-state index contributed by atoms with van der Waals surface area (Å²) < 4.78 is 0. The summed E-state index contributed by atoms with van der Waals surface area (Å²) in [7, 11) is 0. The maximum Gasteiger partial charge on any atom is 0.253 e. The predicted molar refractivity (Wildman–Crippen MR) is 59.2 cm³/mol. The molecule has 3 nitrogen and oxygen atoms in total. The van der Waals surface area contributed by atoms with Crippen molar-refractivity contribution in [1.82, 2.24) is 4.90 Å². The normalized spacial score (nSPS) is 17.6. The van der Waals surface area contributed by atoms with Crippen LogP contribution in [0.25, 0.3) is 0 Å². The van der Waals surface area contributed by atoms with Crippen LogP contribution in [0, 0.1) is 0 Å². The van der Waals surface area contributed by atoms with E-state index in [2.05, 4.69) is 6.92 Å². The number of unbranched alkanes of at least 4 members (excludes halogenated alkanes) is 3. The highest BCUT2D eigenvalue weighted by atomic mass is 16.2. The van der Waals surface area contributed by atoms with Gasteiger partial charge in [0.1, 0.15) is 0 Å². The van der Waals surface area contributed by atoms with E-state index in [0.29, 0.717) is 0 Å². The van der Waals surface area contributed by atoms with Gasteiger partial charge in [0.05, 0.1) is 0 Å². The van der Waals surface area contributed by atoms with Gasteiger partial charge in [-0.15, -0.1) is 0 Å². The SMILES string of the molecule is CCCCCCC(C)N1C(=O)C=CC1=O. The van der Waals surface area contributed by atoms with Crippen molar-refractivity contribution >= 4 is 11.8 Å². The number of rotatable bonds is 6. The molecular weight excluding hydrogens is 190 g/mol. The molecule has 0 saturated carbocycles. The first-order chi connectivity index (χ1) is 7.16. The van der Waals surface area contributed by atoms with Crippen molar-refractivity contribution in [1.29, 1.82) is 0 Å². The van der Waals surface area contributed by atoms with Gasteiger partial charge in [-0.25, -0.2) is 0 Å². The molecule has 1 unspecified atom stereocenters. The number of carbonyl (C=O) groups is 2. The fourth-order valence-electron chi connectivity index (χ4n) is 1.84. The van der Waals surface area contributed by atoms with Gasteiger partial charge in [0.2, 0.25) is 0 Å². The van der Waals surface area contributed by atoms with Crippen LogP contribution in [-0.4, -0.2) is 22.8 Å². The minimum absolute atomic E-state index is 0.0388. The molecular formula is C12H19NO2. The Bertz CT molecular complexity index is 253. The second-order valence-corrected chi connectivity index (χ2v) is 4.08. The summed E-state index contributed by atoms with van der Waals surface area (Å²) in [6, 6.07) is 0.0388. The molecule has 0 aromatic rings. The third-order valence-corrected chi connectivity index (χ3v) is 2.76. The van der Waals surface area contributed by atoms with Crippen LogP contribution < -0.4 is 0 Å². The first-order valence-electron chi connectivity index (χ1n) is 5.72. The molecule has 1 aliphatic heterocycles. The lowest BCUT2D eigenvalue weighted by Crippen LogP contribution is -2.38. The van der Waals surface area contributed by atoms with Crippen molar-refractivity contribution in [2.24, 2.45) is 0 Å². The largest absolute Gasteiger partial charge is 0.273 e. The number of amides is 2. The van der Waals surface area contributed by atoms with E-state index in [1.807, 2.05) is 6.92 Å². The highest BCUT2D eigenvalue weighted by molar-refractivity contribution is 6.13. The van der Waals surface area contributed by atoms with Gasteiger partial charge >= 0.3 is 0 Å². The van der Waals surface area contributed by atoms with E-state index in [-0.39, 0.29) is 17.9 Å². The highest BCUT2D eigenvalue weighted by Gasteiger charge is 2.27.